The summed E-state index contributed by atoms with van der Waals surface area (Å²) < 4.78 is 0. The van der Waals surface area contributed by atoms with Gasteiger partial charge in [0.1, 0.15) is 0 Å². The number of aromatic amines is 1. The van der Waals surface area contributed by atoms with Crippen LogP contribution in [0.5, 0.6) is 0 Å². The van der Waals surface area contributed by atoms with E-state index in [1.54, 1.807) is 11.8 Å². The van der Waals surface area contributed by atoms with Crippen LogP contribution >= 0.6 is 11.8 Å². The third kappa shape index (κ3) is 4.28. The van der Waals surface area contributed by atoms with Crippen LogP contribution in [0, 0.1) is 0 Å². The highest BCUT2D eigenvalue weighted by molar-refractivity contribution is 8.13. The highest BCUT2D eigenvalue weighted by atomic mass is 32.2. The summed E-state index contributed by atoms with van der Waals surface area (Å²) in [6, 6.07) is 8.70. The van der Waals surface area contributed by atoms with E-state index in [2.05, 4.69) is 60.5 Å². The van der Waals surface area contributed by atoms with Crippen molar-refractivity contribution >= 4 is 33.4 Å². The number of piperidine rings is 1. The molecule has 0 bridgehead atoms. The fourth-order valence-electron chi connectivity index (χ4n) is 3.41. The van der Waals surface area contributed by atoms with E-state index >= 15 is 0 Å². The number of allylic oxidation sites excluding steroid dienone is 3. The molecule has 2 aromatic rings. The minimum atomic E-state index is 0.784. The lowest BCUT2D eigenvalue weighted by Crippen LogP contribution is -2.36. The molecule has 2 heterocycles. The molecule has 140 valence electrons. The van der Waals surface area contributed by atoms with Gasteiger partial charge in [0.25, 0.3) is 0 Å². The zero-order valence-corrected chi connectivity index (χ0v) is 17.2. The lowest BCUT2D eigenvalue weighted by atomic mass is 9.91. The maximum absolute atomic E-state index is 4.70. The Morgan fingerprint density at radius 3 is 2.89 bits per heavy atom. The highest BCUT2D eigenvalue weighted by Gasteiger charge is 2.22. The van der Waals surface area contributed by atoms with Crippen molar-refractivity contribution in [2.75, 3.05) is 19.3 Å². The second-order valence-corrected chi connectivity index (χ2v) is 7.52. The summed E-state index contributed by atoms with van der Waals surface area (Å²) in [5.74, 6) is 0. The van der Waals surface area contributed by atoms with Gasteiger partial charge >= 0.3 is 0 Å². The number of nitrogens with zero attached hydrogens (tertiary/aromatic N) is 2. The third-order valence-corrected chi connectivity index (χ3v) is 5.66. The minimum Gasteiger partial charge on any atom is -0.361 e. The Morgan fingerprint density at radius 1 is 1.33 bits per heavy atom. The molecule has 1 aromatic heterocycles. The third-order valence-electron chi connectivity index (χ3n) is 4.95. The molecule has 1 aliphatic heterocycles. The Morgan fingerprint density at radius 2 is 2.15 bits per heavy atom. The molecule has 27 heavy (non-hydrogen) atoms. The van der Waals surface area contributed by atoms with Crippen LogP contribution in [0.3, 0.4) is 0 Å². The van der Waals surface area contributed by atoms with Gasteiger partial charge in [-0.2, -0.15) is 0 Å². The fourth-order valence-corrected chi connectivity index (χ4v) is 4.03. The number of fused-ring (bicyclic) bond motifs is 1. The number of hydrogen-bond acceptors (Lipinski definition) is 2. The molecular weight excluding hydrogens is 350 g/mol. The van der Waals surface area contributed by atoms with Crippen LogP contribution in [-0.2, 0) is 0 Å². The predicted molar refractivity (Wildman–Crippen MR) is 121 cm³/mol. The van der Waals surface area contributed by atoms with E-state index in [-0.39, 0.29) is 0 Å². The van der Waals surface area contributed by atoms with E-state index < -0.39 is 0 Å². The van der Waals surface area contributed by atoms with Gasteiger partial charge in [-0.05, 0) is 78.5 Å². The number of nitrogens with one attached hydrogen (secondary N) is 1. The molecule has 3 nitrogen and oxygen atoms in total. The number of aliphatic imine (C=N–C) groups is 1. The average Bonchev–Trinajstić information content (AvgIpc) is 3.14. The summed E-state index contributed by atoms with van der Waals surface area (Å²) in [4.78, 5) is 10.3. The Bertz CT molecular complexity index is 959. The summed E-state index contributed by atoms with van der Waals surface area (Å²) in [6.45, 7) is 14.3. The van der Waals surface area contributed by atoms with E-state index in [1.807, 2.05) is 25.3 Å². The molecule has 0 unspecified atom stereocenters. The summed E-state index contributed by atoms with van der Waals surface area (Å²) in [7, 11) is 0. The van der Waals surface area contributed by atoms with Crippen LogP contribution in [0.2, 0.25) is 0 Å². The normalized spacial score (nSPS) is 17.8. The summed E-state index contributed by atoms with van der Waals surface area (Å²) >= 11 is 1.67. The molecule has 0 radical (unpaired) electrons. The van der Waals surface area contributed by atoms with Gasteiger partial charge < -0.3 is 9.88 Å². The van der Waals surface area contributed by atoms with Gasteiger partial charge in [0, 0.05) is 24.8 Å². The first-order valence-electron chi connectivity index (χ1n) is 9.18. The van der Waals surface area contributed by atoms with Gasteiger partial charge in [0.15, 0.2) is 5.17 Å². The summed E-state index contributed by atoms with van der Waals surface area (Å²) in [5, 5.41) is 2.25. The van der Waals surface area contributed by atoms with E-state index in [9.17, 15) is 0 Å². The maximum atomic E-state index is 4.70. The van der Waals surface area contributed by atoms with Gasteiger partial charge in [-0.3, -0.25) is 0 Å². The van der Waals surface area contributed by atoms with Crippen molar-refractivity contribution in [3.8, 4) is 0 Å². The van der Waals surface area contributed by atoms with Crippen molar-refractivity contribution in [3.05, 3.63) is 78.2 Å². The van der Waals surface area contributed by atoms with Gasteiger partial charge in [-0.1, -0.05) is 37.1 Å². The van der Waals surface area contributed by atoms with Gasteiger partial charge in [-0.25, -0.2) is 4.99 Å². The van der Waals surface area contributed by atoms with Crippen LogP contribution in [0.4, 0.5) is 0 Å². The van der Waals surface area contributed by atoms with E-state index in [0.29, 0.717) is 0 Å². The second-order valence-electron chi connectivity index (χ2n) is 6.75. The number of amidine groups is 1. The number of aromatic nitrogens is 1. The van der Waals surface area contributed by atoms with Crippen molar-refractivity contribution in [1.82, 2.24) is 9.88 Å². The minimum absolute atomic E-state index is 0.784. The lowest BCUT2D eigenvalue weighted by Gasteiger charge is -2.33. The molecule has 3 rings (SSSR count). The zero-order valence-electron chi connectivity index (χ0n) is 16.4. The first kappa shape index (κ1) is 19.3. The van der Waals surface area contributed by atoms with E-state index in [4.69, 9.17) is 4.99 Å². The van der Waals surface area contributed by atoms with Gasteiger partial charge in [-0.15, -0.1) is 0 Å². The Hall–Kier alpha value is -2.46. The second kappa shape index (κ2) is 8.49. The molecule has 1 N–H and O–H groups in total. The highest BCUT2D eigenvalue weighted by Crippen LogP contribution is 2.31. The first-order chi connectivity index (χ1) is 13.0. The molecule has 1 aliphatic rings. The van der Waals surface area contributed by atoms with Crippen molar-refractivity contribution in [3.63, 3.8) is 0 Å². The Balaban J connectivity index is 1.92. The monoisotopic (exact) mass is 377 g/mol. The fraction of sp³-hybridized carbons (Fsp3) is 0.261. The smallest absolute Gasteiger partial charge is 0.164 e. The topological polar surface area (TPSA) is 31.4 Å². The van der Waals surface area contributed by atoms with Crippen LogP contribution in [0.15, 0.2) is 77.6 Å². The molecule has 0 aliphatic carbocycles. The number of benzene rings is 1. The first-order valence-corrected chi connectivity index (χ1v) is 10.4. The van der Waals surface area contributed by atoms with Gasteiger partial charge in [0.2, 0.25) is 0 Å². The lowest BCUT2D eigenvalue weighted by molar-refractivity contribution is 0.440. The largest absolute Gasteiger partial charge is 0.361 e. The molecule has 4 heteroatoms. The van der Waals surface area contributed by atoms with E-state index in [0.717, 1.165) is 30.4 Å². The van der Waals surface area contributed by atoms with Crippen molar-refractivity contribution in [2.24, 2.45) is 4.99 Å². The average molecular weight is 378 g/mol. The molecule has 0 amide bonds. The standard InChI is InChI=1S/C23H27N3S/c1-6-7-17(3)25-23(27-5)26-13-11-16(2)21(15-26)18(4)19-8-9-22-20(14-19)10-12-24-22/h6-10,12,14,24H,2-3,11,13,15H2,1,4-5H3/b7-6-,21-18+,25-23-. The molecular formula is C23H27N3S. The summed E-state index contributed by atoms with van der Waals surface area (Å²) in [5.41, 5.74) is 7.04. The van der Waals surface area contributed by atoms with Crippen LogP contribution < -0.4 is 0 Å². The number of hydrogen-bond donors (Lipinski definition) is 1. The molecule has 0 spiro atoms. The van der Waals surface area contributed by atoms with Crippen molar-refractivity contribution in [2.45, 2.75) is 20.3 Å². The van der Waals surface area contributed by atoms with E-state index in [1.165, 1.54) is 33.2 Å². The predicted octanol–water partition coefficient (Wildman–Crippen LogP) is 6.01. The zero-order chi connectivity index (χ0) is 19.4. The SMILES string of the molecule is C=C(/C=C\C)/N=C(\SC)N1CCC(=C)/C(=C(\C)c2ccc3[nH]ccc3c2)C1. The molecule has 1 fully saturated rings. The molecule has 0 saturated carbocycles. The van der Waals surface area contributed by atoms with Gasteiger partial charge in [0.05, 0.1) is 5.70 Å². The summed E-state index contributed by atoms with van der Waals surface area (Å²) in [6.07, 6.45) is 8.91. The van der Waals surface area contributed by atoms with Crippen molar-refractivity contribution in [1.29, 1.82) is 0 Å². The number of thioether (sulfide) groups is 1. The Kier molecular flexibility index (Phi) is 6.07. The van der Waals surface area contributed by atoms with Crippen molar-refractivity contribution < 1.29 is 0 Å². The van der Waals surface area contributed by atoms with Crippen LogP contribution in [0.1, 0.15) is 25.8 Å². The maximum Gasteiger partial charge on any atom is 0.164 e. The number of likely N-dealkylation sites (tertiary alicyclic amines) is 1. The Labute approximate surface area is 166 Å². The van der Waals surface area contributed by atoms with Crippen LogP contribution in [0.25, 0.3) is 16.5 Å². The number of H-pyrrole nitrogens is 1. The quantitative estimate of drug-likeness (QED) is 0.403. The molecule has 1 saturated heterocycles. The number of rotatable bonds is 3. The van der Waals surface area contributed by atoms with Crippen LogP contribution in [-0.4, -0.2) is 34.4 Å². The molecule has 1 aromatic carbocycles. The molecule has 0 atom stereocenters.